The number of nitrogens with one attached hydrogen (secondary N) is 1. The third kappa shape index (κ3) is 6.38. The van der Waals surface area contributed by atoms with Crippen molar-refractivity contribution in [2.24, 2.45) is 5.73 Å². The van der Waals surface area contributed by atoms with Crippen LogP contribution in [0.1, 0.15) is 33.3 Å². The van der Waals surface area contributed by atoms with Crippen LogP contribution in [0.5, 0.6) is 0 Å². The van der Waals surface area contributed by atoms with Crippen molar-refractivity contribution < 1.29 is 9.13 Å². The van der Waals surface area contributed by atoms with Crippen LogP contribution in [-0.4, -0.2) is 43.4 Å². The van der Waals surface area contributed by atoms with Crippen LogP contribution in [0.2, 0.25) is 0 Å². The molecule has 0 spiro atoms. The lowest BCUT2D eigenvalue weighted by molar-refractivity contribution is 0.122. The number of rotatable bonds is 3. The Hall–Kier alpha value is -1.91. The van der Waals surface area contributed by atoms with E-state index in [1.807, 2.05) is 38.7 Å². The van der Waals surface area contributed by atoms with Crippen LogP contribution in [0.25, 0.3) is 0 Å². The maximum absolute atomic E-state index is 14.0. The highest BCUT2D eigenvalue weighted by atomic mass is 19.1. The second-order valence-corrected chi connectivity index (χ2v) is 5.94. The standard InChI is InChI=1S/C13H17FN4O.C3H9N/c1-9(2)16-12-10(8-15)7-11(14)13(17-12)18-3-5-19-6-4-18;1-3(2)4/h7,9H,3-6H2,1-2H3,(H,16,17);3H,4H2,1-2H3. The van der Waals surface area contributed by atoms with E-state index in [0.29, 0.717) is 38.2 Å². The van der Waals surface area contributed by atoms with Gasteiger partial charge in [-0.25, -0.2) is 9.37 Å². The van der Waals surface area contributed by atoms with Gasteiger partial charge in [-0.3, -0.25) is 0 Å². The zero-order valence-corrected chi connectivity index (χ0v) is 14.3. The molecule has 1 fully saturated rings. The average Bonchev–Trinajstić information content (AvgIpc) is 2.48. The van der Waals surface area contributed by atoms with Gasteiger partial charge >= 0.3 is 0 Å². The van der Waals surface area contributed by atoms with Gasteiger partial charge in [-0.1, -0.05) is 13.8 Å². The van der Waals surface area contributed by atoms with Crippen LogP contribution in [0.15, 0.2) is 6.07 Å². The molecule has 0 radical (unpaired) electrons. The largest absolute Gasteiger partial charge is 0.378 e. The van der Waals surface area contributed by atoms with Gasteiger partial charge < -0.3 is 20.7 Å². The van der Waals surface area contributed by atoms with Gasteiger partial charge in [0.25, 0.3) is 0 Å². The molecule has 0 atom stereocenters. The number of halogens is 1. The minimum absolute atomic E-state index is 0.127. The molecule has 6 nitrogen and oxygen atoms in total. The van der Waals surface area contributed by atoms with Crippen LogP contribution in [0.3, 0.4) is 0 Å². The summed E-state index contributed by atoms with van der Waals surface area (Å²) in [7, 11) is 0. The first-order valence-electron chi connectivity index (χ1n) is 7.80. The van der Waals surface area contributed by atoms with Crippen LogP contribution < -0.4 is 16.0 Å². The molecular formula is C16H26FN5O. The molecule has 0 bridgehead atoms. The highest BCUT2D eigenvalue weighted by Gasteiger charge is 2.19. The molecule has 1 aliphatic heterocycles. The van der Waals surface area contributed by atoms with Crippen molar-refractivity contribution in [1.29, 1.82) is 5.26 Å². The lowest BCUT2D eigenvalue weighted by Crippen LogP contribution is -2.37. The molecule has 128 valence electrons. The van der Waals surface area contributed by atoms with E-state index in [9.17, 15) is 4.39 Å². The summed E-state index contributed by atoms with van der Waals surface area (Å²) in [6.45, 7) is 10.1. The summed E-state index contributed by atoms with van der Waals surface area (Å²) in [6.07, 6.45) is 0. The lowest BCUT2D eigenvalue weighted by atomic mass is 10.2. The summed E-state index contributed by atoms with van der Waals surface area (Å²) in [6, 6.07) is 3.66. The minimum Gasteiger partial charge on any atom is -0.378 e. The number of ether oxygens (including phenoxy) is 1. The van der Waals surface area contributed by atoms with E-state index < -0.39 is 5.82 Å². The molecule has 1 aromatic rings. The molecule has 1 aliphatic rings. The number of anilines is 2. The van der Waals surface area contributed by atoms with Gasteiger partial charge in [-0.2, -0.15) is 5.26 Å². The van der Waals surface area contributed by atoms with E-state index in [0.717, 1.165) is 0 Å². The predicted octanol–water partition coefficient (Wildman–Crippen LogP) is 2.10. The first-order valence-corrected chi connectivity index (χ1v) is 7.80. The Bertz CT molecular complexity index is 533. The second kappa shape index (κ2) is 9.28. The fourth-order valence-corrected chi connectivity index (χ4v) is 1.94. The Morgan fingerprint density at radius 3 is 2.39 bits per heavy atom. The normalized spacial score (nSPS) is 14.3. The predicted molar refractivity (Wildman–Crippen MR) is 90.0 cm³/mol. The Kier molecular flexibility index (Phi) is 7.72. The molecule has 0 saturated carbocycles. The van der Waals surface area contributed by atoms with Crippen molar-refractivity contribution in [3.05, 3.63) is 17.4 Å². The van der Waals surface area contributed by atoms with Crippen LogP contribution in [0, 0.1) is 17.1 Å². The monoisotopic (exact) mass is 323 g/mol. The van der Waals surface area contributed by atoms with Crippen LogP contribution in [-0.2, 0) is 4.74 Å². The molecule has 0 amide bonds. The summed E-state index contributed by atoms with van der Waals surface area (Å²) in [5.74, 6) is 0.249. The highest BCUT2D eigenvalue weighted by Crippen LogP contribution is 2.24. The van der Waals surface area contributed by atoms with Gasteiger partial charge in [0.15, 0.2) is 11.6 Å². The molecule has 7 heteroatoms. The van der Waals surface area contributed by atoms with Crippen molar-refractivity contribution in [2.75, 3.05) is 36.5 Å². The summed E-state index contributed by atoms with van der Waals surface area (Å²) in [5, 5.41) is 12.1. The zero-order valence-electron chi connectivity index (χ0n) is 14.3. The van der Waals surface area contributed by atoms with E-state index in [-0.39, 0.29) is 17.4 Å². The molecule has 1 saturated heterocycles. The molecule has 2 rings (SSSR count). The third-order valence-electron chi connectivity index (χ3n) is 2.81. The van der Waals surface area contributed by atoms with Gasteiger partial charge in [0.05, 0.1) is 18.8 Å². The summed E-state index contributed by atoms with van der Waals surface area (Å²) < 4.78 is 19.3. The fourth-order valence-electron chi connectivity index (χ4n) is 1.94. The Labute approximate surface area is 137 Å². The Balaban J connectivity index is 0.000000593. The van der Waals surface area contributed by atoms with Crippen molar-refractivity contribution in [3.63, 3.8) is 0 Å². The number of nitriles is 1. The van der Waals surface area contributed by atoms with E-state index in [2.05, 4.69) is 10.3 Å². The van der Waals surface area contributed by atoms with Gasteiger partial charge in [0, 0.05) is 19.1 Å². The number of nitrogens with two attached hydrogens (primary N) is 1. The molecule has 0 unspecified atom stereocenters. The fraction of sp³-hybridized carbons (Fsp3) is 0.625. The van der Waals surface area contributed by atoms with Crippen LogP contribution >= 0.6 is 0 Å². The summed E-state index contributed by atoms with van der Waals surface area (Å²) in [5.41, 5.74) is 5.34. The van der Waals surface area contributed by atoms with Crippen molar-refractivity contribution in [3.8, 4) is 6.07 Å². The molecule has 2 heterocycles. The van der Waals surface area contributed by atoms with E-state index >= 15 is 0 Å². The van der Waals surface area contributed by atoms with Gasteiger partial charge in [0.2, 0.25) is 0 Å². The van der Waals surface area contributed by atoms with E-state index in [1.165, 1.54) is 6.07 Å². The number of hydrogen-bond donors (Lipinski definition) is 2. The quantitative estimate of drug-likeness (QED) is 0.886. The average molecular weight is 323 g/mol. The third-order valence-corrected chi connectivity index (χ3v) is 2.81. The molecule has 23 heavy (non-hydrogen) atoms. The molecule has 0 aliphatic carbocycles. The molecule has 1 aromatic heterocycles. The van der Waals surface area contributed by atoms with Gasteiger partial charge in [0.1, 0.15) is 11.9 Å². The van der Waals surface area contributed by atoms with Crippen molar-refractivity contribution in [1.82, 2.24) is 4.98 Å². The first kappa shape index (κ1) is 19.1. The van der Waals surface area contributed by atoms with E-state index in [4.69, 9.17) is 15.7 Å². The first-order chi connectivity index (χ1) is 10.8. The smallest absolute Gasteiger partial charge is 0.167 e. The Morgan fingerprint density at radius 2 is 1.91 bits per heavy atom. The van der Waals surface area contributed by atoms with Crippen molar-refractivity contribution >= 4 is 11.6 Å². The lowest BCUT2D eigenvalue weighted by Gasteiger charge is -2.28. The summed E-state index contributed by atoms with van der Waals surface area (Å²) in [4.78, 5) is 6.11. The number of morpholine rings is 1. The maximum Gasteiger partial charge on any atom is 0.167 e. The topological polar surface area (TPSA) is 87.2 Å². The summed E-state index contributed by atoms with van der Waals surface area (Å²) >= 11 is 0. The molecule has 3 N–H and O–H groups in total. The number of pyridine rings is 1. The van der Waals surface area contributed by atoms with Gasteiger partial charge in [-0.15, -0.1) is 0 Å². The Morgan fingerprint density at radius 1 is 1.35 bits per heavy atom. The molecular weight excluding hydrogens is 297 g/mol. The van der Waals surface area contributed by atoms with Crippen LogP contribution in [0.4, 0.5) is 16.0 Å². The van der Waals surface area contributed by atoms with Gasteiger partial charge in [-0.05, 0) is 26.0 Å². The number of nitrogens with zero attached hydrogens (tertiary/aromatic N) is 3. The second-order valence-electron chi connectivity index (χ2n) is 5.94. The number of hydrogen-bond acceptors (Lipinski definition) is 6. The van der Waals surface area contributed by atoms with Crippen molar-refractivity contribution in [2.45, 2.75) is 39.8 Å². The van der Waals surface area contributed by atoms with E-state index in [1.54, 1.807) is 0 Å². The zero-order chi connectivity index (χ0) is 17.4. The highest BCUT2D eigenvalue weighted by molar-refractivity contribution is 5.58. The minimum atomic E-state index is -0.465. The maximum atomic E-state index is 14.0. The molecule has 0 aromatic carbocycles. The number of aromatic nitrogens is 1. The SMILES string of the molecule is CC(C)N.CC(C)Nc1nc(N2CCOCC2)c(F)cc1C#N.